The number of halogens is 1. The van der Waals surface area contributed by atoms with Gasteiger partial charge in [-0.1, -0.05) is 18.5 Å². The lowest BCUT2D eigenvalue weighted by atomic mass is 10.2. The van der Waals surface area contributed by atoms with Crippen LogP contribution in [0, 0.1) is 0 Å². The summed E-state index contributed by atoms with van der Waals surface area (Å²) in [5, 5.41) is 0.468. The Morgan fingerprint density at radius 2 is 2.24 bits per heavy atom. The van der Waals surface area contributed by atoms with E-state index in [2.05, 4.69) is 33.7 Å². The molecule has 1 aromatic heterocycles. The summed E-state index contributed by atoms with van der Waals surface area (Å²) in [6, 6.07) is 0.496. The number of likely N-dealkylation sites (N-methyl/N-ethyl adjacent to an activating group) is 1. The molecule has 1 fully saturated rings. The monoisotopic (exact) mass is 254 g/mol. The Morgan fingerprint density at radius 1 is 1.41 bits per heavy atom. The Bertz CT molecular complexity index is 371. The van der Waals surface area contributed by atoms with Gasteiger partial charge >= 0.3 is 0 Å². The minimum Gasteiger partial charge on any atom is -0.351 e. The zero-order valence-corrected chi connectivity index (χ0v) is 11.2. The maximum Gasteiger partial charge on any atom is 0.149 e. The van der Waals surface area contributed by atoms with Crippen molar-refractivity contribution in [3.63, 3.8) is 0 Å². The first-order valence-electron chi connectivity index (χ1n) is 6.13. The molecule has 0 aromatic carbocycles. The molecule has 0 saturated carbocycles. The van der Waals surface area contributed by atoms with Gasteiger partial charge in [0.15, 0.2) is 0 Å². The fourth-order valence-corrected chi connectivity index (χ4v) is 2.51. The zero-order chi connectivity index (χ0) is 12.3. The van der Waals surface area contributed by atoms with Crippen LogP contribution in [0.5, 0.6) is 0 Å². The second-order valence-electron chi connectivity index (χ2n) is 4.57. The molecule has 2 rings (SSSR count). The molecule has 0 spiro atoms. The van der Waals surface area contributed by atoms with Gasteiger partial charge in [-0.25, -0.2) is 4.98 Å². The molecule has 0 radical (unpaired) electrons. The molecular weight excluding hydrogens is 236 g/mol. The van der Waals surface area contributed by atoms with Gasteiger partial charge in [-0.2, -0.15) is 0 Å². The highest BCUT2D eigenvalue weighted by Gasteiger charge is 2.23. The zero-order valence-electron chi connectivity index (χ0n) is 10.4. The highest BCUT2D eigenvalue weighted by Crippen LogP contribution is 2.20. The van der Waals surface area contributed by atoms with Gasteiger partial charge in [0.2, 0.25) is 0 Å². The van der Waals surface area contributed by atoms with Crippen molar-refractivity contribution in [3.05, 3.63) is 17.5 Å². The van der Waals surface area contributed by atoms with E-state index in [9.17, 15) is 0 Å². The first-order valence-corrected chi connectivity index (χ1v) is 6.51. The molecule has 94 valence electrons. The number of rotatable bonds is 2. The Balaban J connectivity index is 2.22. The molecule has 4 nitrogen and oxygen atoms in total. The van der Waals surface area contributed by atoms with Gasteiger partial charge in [0.05, 0.1) is 12.4 Å². The lowest BCUT2D eigenvalue weighted by Crippen LogP contribution is -2.40. The Labute approximate surface area is 108 Å². The molecule has 1 unspecified atom stereocenters. The van der Waals surface area contributed by atoms with E-state index in [1.807, 2.05) is 0 Å². The van der Waals surface area contributed by atoms with Gasteiger partial charge in [-0.3, -0.25) is 4.98 Å². The van der Waals surface area contributed by atoms with E-state index in [1.165, 1.54) is 0 Å². The normalized spacial score (nSPS) is 22.5. The van der Waals surface area contributed by atoms with Crippen LogP contribution < -0.4 is 4.90 Å². The second-order valence-corrected chi connectivity index (χ2v) is 4.96. The fraction of sp³-hybridized carbons (Fsp3) is 0.667. The number of hydrogen-bond acceptors (Lipinski definition) is 4. The van der Waals surface area contributed by atoms with Gasteiger partial charge in [0, 0.05) is 19.1 Å². The van der Waals surface area contributed by atoms with Crippen molar-refractivity contribution in [3.8, 4) is 0 Å². The Hall–Kier alpha value is -0.870. The SMILES string of the molecule is CCC1CN(C)CCCN1c1cncc(Cl)n1. The maximum atomic E-state index is 5.91. The summed E-state index contributed by atoms with van der Waals surface area (Å²) in [4.78, 5) is 13.2. The van der Waals surface area contributed by atoms with E-state index in [4.69, 9.17) is 11.6 Å². The lowest BCUT2D eigenvalue weighted by Gasteiger charge is -2.30. The molecule has 1 atom stereocenters. The van der Waals surface area contributed by atoms with Crippen LogP contribution in [-0.2, 0) is 0 Å². The first kappa shape index (κ1) is 12.6. The van der Waals surface area contributed by atoms with Crippen LogP contribution in [0.4, 0.5) is 5.82 Å². The molecule has 0 bridgehead atoms. The van der Waals surface area contributed by atoms with E-state index >= 15 is 0 Å². The summed E-state index contributed by atoms with van der Waals surface area (Å²) in [5.74, 6) is 0.902. The van der Waals surface area contributed by atoms with Crippen molar-refractivity contribution in [2.24, 2.45) is 0 Å². The molecule has 5 heteroatoms. The Morgan fingerprint density at radius 3 is 2.94 bits per heavy atom. The van der Waals surface area contributed by atoms with Crippen molar-refractivity contribution < 1.29 is 0 Å². The van der Waals surface area contributed by atoms with Crippen LogP contribution in [0.15, 0.2) is 12.4 Å². The minimum absolute atomic E-state index is 0.468. The summed E-state index contributed by atoms with van der Waals surface area (Å²) < 4.78 is 0. The van der Waals surface area contributed by atoms with Crippen LogP contribution >= 0.6 is 11.6 Å². The highest BCUT2D eigenvalue weighted by molar-refractivity contribution is 6.29. The van der Waals surface area contributed by atoms with Crippen LogP contribution in [0.25, 0.3) is 0 Å². The molecule has 0 aliphatic carbocycles. The van der Waals surface area contributed by atoms with Gasteiger partial charge in [-0.05, 0) is 26.4 Å². The summed E-state index contributed by atoms with van der Waals surface area (Å²) >= 11 is 5.91. The van der Waals surface area contributed by atoms with Crippen LogP contribution in [0.3, 0.4) is 0 Å². The molecule has 2 heterocycles. The lowest BCUT2D eigenvalue weighted by molar-refractivity contribution is 0.327. The molecular formula is C12H19ClN4. The number of hydrogen-bond donors (Lipinski definition) is 0. The first-order chi connectivity index (χ1) is 8.20. The van der Waals surface area contributed by atoms with Crippen molar-refractivity contribution >= 4 is 17.4 Å². The standard InChI is InChI=1S/C12H19ClN4/c1-3-10-9-16(2)5-4-6-17(10)12-8-14-7-11(13)15-12/h7-8,10H,3-6,9H2,1-2H3. The maximum absolute atomic E-state index is 5.91. The van der Waals surface area contributed by atoms with E-state index in [0.717, 1.165) is 38.3 Å². The minimum atomic E-state index is 0.468. The molecule has 1 aliphatic heterocycles. The third kappa shape index (κ3) is 3.07. The number of anilines is 1. The molecule has 1 aromatic rings. The van der Waals surface area contributed by atoms with Gasteiger partial charge in [-0.15, -0.1) is 0 Å². The predicted molar refractivity (Wildman–Crippen MR) is 70.6 cm³/mol. The van der Waals surface area contributed by atoms with Gasteiger partial charge in [0.1, 0.15) is 11.0 Å². The summed E-state index contributed by atoms with van der Waals surface area (Å²) in [7, 11) is 2.18. The largest absolute Gasteiger partial charge is 0.351 e. The van der Waals surface area contributed by atoms with Gasteiger partial charge < -0.3 is 9.80 Å². The van der Waals surface area contributed by atoms with Gasteiger partial charge in [0.25, 0.3) is 0 Å². The smallest absolute Gasteiger partial charge is 0.149 e. The van der Waals surface area contributed by atoms with Crippen molar-refractivity contribution in [2.75, 3.05) is 31.6 Å². The molecule has 1 saturated heterocycles. The molecule has 1 aliphatic rings. The highest BCUT2D eigenvalue weighted by atomic mass is 35.5. The van der Waals surface area contributed by atoms with E-state index in [0.29, 0.717) is 11.2 Å². The Kier molecular flexibility index (Phi) is 4.18. The third-order valence-electron chi connectivity index (χ3n) is 3.26. The average Bonchev–Trinajstić information content (AvgIpc) is 2.50. The molecule has 0 N–H and O–H groups in total. The van der Waals surface area contributed by atoms with E-state index in [1.54, 1.807) is 12.4 Å². The predicted octanol–water partition coefficient (Wildman–Crippen LogP) is 2.05. The summed E-state index contributed by atoms with van der Waals surface area (Å²) in [5.41, 5.74) is 0. The van der Waals surface area contributed by atoms with Crippen molar-refractivity contribution in [1.82, 2.24) is 14.9 Å². The topological polar surface area (TPSA) is 32.3 Å². The average molecular weight is 255 g/mol. The summed E-state index contributed by atoms with van der Waals surface area (Å²) in [6.45, 7) is 5.46. The van der Waals surface area contributed by atoms with Crippen LogP contribution in [-0.4, -0.2) is 47.6 Å². The summed E-state index contributed by atoms with van der Waals surface area (Å²) in [6.07, 6.45) is 5.65. The number of nitrogens with zero attached hydrogens (tertiary/aromatic N) is 4. The van der Waals surface area contributed by atoms with E-state index < -0.39 is 0 Å². The van der Waals surface area contributed by atoms with Crippen LogP contribution in [0.1, 0.15) is 19.8 Å². The van der Waals surface area contributed by atoms with Crippen LogP contribution in [0.2, 0.25) is 5.15 Å². The molecule has 0 amide bonds. The van der Waals surface area contributed by atoms with Crippen molar-refractivity contribution in [2.45, 2.75) is 25.8 Å². The third-order valence-corrected chi connectivity index (χ3v) is 3.44. The second kappa shape index (κ2) is 5.65. The van der Waals surface area contributed by atoms with Crippen molar-refractivity contribution in [1.29, 1.82) is 0 Å². The number of aromatic nitrogens is 2. The fourth-order valence-electron chi connectivity index (χ4n) is 2.37. The van der Waals surface area contributed by atoms with E-state index in [-0.39, 0.29) is 0 Å². The quantitative estimate of drug-likeness (QED) is 0.809. The molecule has 17 heavy (non-hydrogen) atoms.